The first-order valence-electron chi connectivity index (χ1n) is 6.15. The maximum Gasteiger partial charge on any atom is 0.232 e. The van der Waals surface area contributed by atoms with Gasteiger partial charge in [0.2, 0.25) is 9.05 Å². The number of ether oxygens (including phenoxy) is 1. The van der Waals surface area contributed by atoms with Gasteiger partial charge in [-0.15, -0.1) is 0 Å². The second-order valence-corrected chi connectivity index (χ2v) is 7.09. The van der Waals surface area contributed by atoms with Gasteiger partial charge in [0.15, 0.2) is 0 Å². The van der Waals surface area contributed by atoms with Crippen molar-refractivity contribution >= 4 is 19.7 Å². The number of benzene rings is 1. The van der Waals surface area contributed by atoms with E-state index in [4.69, 9.17) is 15.4 Å². The first-order chi connectivity index (χ1) is 8.51. The first-order valence-corrected chi connectivity index (χ1v) is 8.63. The van der Waals surface area contributed by atoms with E-state index < -0.39 is 9.05 Å². The van der Waals surface area contributed by atoms with Crippen LogP contribution >= 0.6 is 10.7 Å². The summed E-state index contributed by atoms with van der Waals surface area (Å²) in [6, 6.07) is 7.92. The van der Waals surface area contributed by atoms with Crippen LogP contribution in [0.4, 0.5) is 0 Å². The number of rotatable bonds is 8. The summed E-state index contributed by atoms with van der Waals surface area (Å²) in [5, 5.41) is 0. The van der Waals surface area contributed by atoms with E-state index in [0.29, 0.717) is 13.0 Å². The Kier molecular flexibility index (Phi) is 6.50. The highest BCUT2D eigenvalue weighted by Gasteiger charge is 2.04. The Labute approximate surface area is 114 Å². The molecule has 0 aliphatic carbocycles. The average molecular weight is 291 g/mol. The molecule has 1 aromatic rings. The monoisotopic (exact) mass is 290 g/mol. The lowest BCUT2D eigenvalue weighted by Crippen LogP contribution is -2.04. The molecule has 3 nitrogen and oxygen atoms in total. The van der Waals surface area contributed by atoms with E-state index in [1.807, 2.05) is 24.3 Å². The summed E-state index contributed by atoms with van der Waals surface area (Å²) in [5.74, 6) is 0.714. The average Bonchev–Trinajstić information content (AvgIpc) is 2.32. The van der Waals surface area contributed by atoms with Gasteiger partial charge >= 0.3 is 0 Å². The first kappa shape index (κ1) is 15.3. The molecule has 0 radical (unpaired) electrons. The Balaban J connectivity index is 2.31. The van der Waals surface area contributed by atoms with Gasteiger partial charge in [-0.3, -0.25) is 0 Å². The van der Waals surface area contributed by atoms with Crippen molar-refractivity contribution in [2.75, 3.05) is 12.4 Å². The van der Waals surface area contributed by atoms with Gasteiger partial charge < -0.3 is 4.74 Å². The molecule has 0 aliphatic heterocycles. The molecule has 0 atom stereocenters. The second kappa shape index (κ2) is 7.64. The lowest BCUT2D eigenvalue weighted by atomic mass is 10.1. The summed E-state index contributed by atoms with van der Waals surface area (Å²) in [5.41, 5.74) is 1.30. The molecule has 5 heteroatoms. The molecule has 0 aliphatic rings. The Bertz CT molecular complexity index is 440. The van der Waals surface area contributed by atoms with Gasteiger partial charge in [0, 0.05) is 10.7 Å². The Morgan fingerprint density at radius 2 is 1.83 bits per heavy atom. The molecule has 0 aromatic heterocycles. The van der Waals surface area contributed by atoms with Crippen molar-refractivity contribution in [2.24, 2.45) is 0 Å². The standard InChI is InChI=1S/C13H19ClO3S/c1-2-3-5-12-6-8-13(9-7-12)17-10-4-11-18(14,15)16/h6-9H,2-5,10-11H2,1H3. The van der Waals surface area contributed by atoms with Gasteiger partial charge in [0.25, 0.3) is 0 Å². The Morgan fingerprint density at radius 1 is 1.17 bits per heavy atom. The van der Waals surface area contributed by atoms with E-state index in [9.17, 15) is 8.42 Å². The molecule has 0 bridgehead atoms. The summed E-state index contributed by atoms with van der Waals surface area (Å²) in [4.78, 5) is 0. The minimum absolute atomic E-state index is 0.0524. The van der Waals surface area contributed by atoms with Crippen LogP contribution in [0.25, 0.3) is 0 Å². The van der Waals surface area contributed by atoms with Crippen LogP contribution in [0.15, 0.2) is 24.3 Å². The maximum atomic E-state index is 10.7. The van der Waals surface area contributed by atoms with E-state index >= 15 is 0 Å². The van der Waals surface area contributed by atoms with E-state index in [2.05, 4.69) is 6.92 Å². The predicted molar refractivity (Wildman–Crippen MR) is 74.8 cm³/mol. The molecule has 1 aromatic carbocycles. The third-order valence-electron chi connectivity index (χ3n) is 2.54. The van der Waals surface area contributed by atoms with Gasteiger partial charge in [-0.25, -0.2) is 8.42 Å². The highest BCUT2D eigenvalue weighted by atomic mass is 35.7. The molecular weight excluding hydrogens is 272 g/mol. The Hall–Kier alpha value is -0.740. The summed E-state index contributed by atoms with van der Waals surface area (Å²) in [6.07, 6.45) is 3.86. The smallest absolute Gasteiger partial charge is 0.232 e. The molecule has 102 valence electrons. The van der Waals surface area contributed by atoms with Gasteiger partial charge in [0.1, 0.15) is 5.75 Å². The molecule has 0 saturated carbocycles. The van der Waals surface area contributed by atoms with Crippen LogP contribution in [0.1, 0.15) is 31.7 Å². The lowest BCUT2D eigenvalue weighted by molar-refractivity contribution is 0.318. The summed E-state index contributed by atoms with van der Waals surface area (Å²) in [6.45, 7) is 2.53. The molecule has 0 fully saturated rings. The SMILES string of the molecule is CCCCc1ccc(OCCCS(=O)(=O)Cl)cc1. The zero-order valence-electron chi connectivity index (χ0n) is 10.6. The maximum absolute atomic E-state index is 10.7. The van der Waals surface area contributed by atoms with Crippen LogP contribution in [-0.2, 0) is 15.5 Å². The minimum atomic E-state index is -3.40. The van der Waals surface area contributed by atoms with Crippen molar-refractivity contribution in [3.05, 3.63) is 29.8 Å². The van der Waals surface area contributed by atoms with Crippen molar-refractivity contribution in [3.63, 3.8) is 0 Å². The zero-order valence-corrected chi connectivity index (χ0v) is 12.1. The molecular formula is C13H19ClO3S. The number of hydrogen-bond acceptors (Lipinski definition) is 3. The molecule has 0 saturated heterocycles. The third kappa shape index (κ3) is 6.87. The van der Waals surface area contributed by atoms with Gasteiger partial charge in [-0.2, -0.15) is 0 Å². The highest BCUT2D eigenvalue weighted by Crippen LogP contribution is 2.14. The van der Waals surface area contributed by atoms with Crippen molar-refractivity contribution < 1.29 is 13.2 Å². The van der Waals surface area contributed by atoms with Crippen LogP contribution in [0, 0.1) is 0 Å². The molecule has 18 heavy (non-hydrogen) atoms. The van der Waals surface area contributed by atoms with E-state index in [1.54, 1.807) is 0 Å². The highest BCUT2D eigenvalue weighted by molar-refractivity contribution is 8.13. The van der Waals surface area contributed by atoms with Gasteiger partial charge in [-0.05, 0) is 37.0 Å². The fourth-order valence-corrected chi connectivity index (χ4v) is 2.34. The number of hydrogen-bond donors (Lipinski definition) is 0. The van der Waals surface area contributed by atoms with Crippen molar-refractivity contribution in [1.82, 2.24) is 0 Å². The lowest BCUT2D eigenvalue weighted by Gasteiger charge is -2.06. The zero-order chi connectivity index (χ0) is 13.4. The van der Waals surface area contributed by atoms with Crippen molar-refractivity contribution in [3.8, 4) is 5.75 Å². The number of unbranched alkanes of at least 4 members (excludes halogenated alkanes) is 1. The fraction of sp³-hybridized carbons (Fsp3) is 0.538. The van der Waals surface area contributed by atoms with Crippen LogP contribution in [0.5, 0.6) is 5.75 Å². The van der Waals surface area contributed by atoms with E-state index in [-0.39, 0.29) is 5.75 Å². The molecule has 0 amide bonds. The van der Waals surface area contributed by atoms with Crippen molar-refractivity contribution in [2.45, 2.75) is 32.6 Å². The molecule has 0 spiro atoms. The largest absolute Gasteiger partial charge is 0.494 e. The quantitative estimate of drug-likeness (QED) is 0.544. The topological polar surface area (TPSA) is 43.4 Å². The second-order valence-electron chi connectivity index (χ2n) is 4.19. The summed E-state index contributed by atoms with van der Waals surface area (Å²) >= 11 is 0. The van der Waals surface area contributed by atoms with Crippen LogP contribution in [-0.4, -0.2) is 20.8 Å². The Morgan fingerprint density at radius 3 is 2.39 bits per heavy atom. The normalized spacial score (nSPS) is 11.4. The van der Waals surface area contributed by atoms with Crippen molar-refractivity contribution in [1.29, 1.82) is 0 Å². The third-order valence-corrected chi connectivity index (χ3v) is 3.78. The van der Waals surface area contributed by atoms with Crippen LogP contribution < -0.4 is 4.74 Å². The molecule has 0 unspecified atom stereocenters. The van der Waals surface area contributed by atoms with E-state index in [0.717, 1.165) is 12.2 Å². The fourth-order valence-electron chi connectivity index (χ4n) is 1.55. The van der Waals surface area contributed by atoms with Crippen LogP contribution in [0.3, 0.4) is 0 Å². The predicted octanol–water partition coefficient (Wildman–Crippen LogP) is 3.37. The molecule has 0 heterocycles. The molecule has 1 rings (SSSR count). The van der Waals surface area contributed by atoms with Crippen LogP contribution in [0.2, 0.25) is 0 Å². The molecule has 0 N–H and O–H groups in total. The van der Waals surface area contributed by atoms with Gasteiger partial charge in [0.05, 0.1) is 12.4 Å². The summed E-state index contributed by atoms with van der Waals surface area (Å²) in [7, 11) is 1.70. The van der Waals surface area contributed by atoms with E-state index in [1.165, 1.54) is 18.4 Å². The summed E-state index contributed by atoms with van der Waals surface area (Å²) < 4.78 is 26.8. The minimum Gasteiger partial charge on any atom is -0.494 e. The number of aryl methyl sites for hydroxylation is 1. The van der Waals surface area contributed by atoms with Gasteiger partial charge in [-0.1, -0.05) is 25.5 Å². The number of halogens is 1.